The van der Waals surface area contributed by atoms with Gasteiger partial charge in [0.05, 0.1) is 6.61 Å². The first kappa shape index (κ1) is 22.6. The highest BCUT2D eigenvalue weighted by Gasteiger charge is 2.57. The zero-order valence-corrected chi connectivity index (χ0v) is 19.9. The Morgan fingerprint density at radius 3 is 1.94 bits per heavy atom. The lowest BCUT2D eigenvalue weighted by Crippen LogP contribution is -2.67. The fraction of sp³-hybridized carbons (Fsp3) is 0.500. The monoisotopic (exact) mass is 443 g/mol. The van der Waals surface area contributed by atoms with Gasteiger partial charge in [0.2, 0.25) is 0 Å². The number of ether oxygens (including phenoxy) is 3. The lowest BCUT2D eigenvalue weighted by molar-refractivity contribution is -0.203. The summed E-state index contributed by atoms with van der Waals surface area (Å²) in [6, 6.07) is 21.0. The van der Waals surface area contributed by atoms with Crippen molar-refractivity contribution in [2.45, 2.75) is 70.0 Å². The van der Waals surface area contributed by atoms with Crippen molar-refractivity contribution in [2.75, 3.05) is 6.61 Å². The Morgan fingerprint density at radius 2 is 1.45 bits per heavy atom. The summed E-state index contributed by atoms with van der Waals surface area (Å²) in [5, 5.41) is 11.9. The first-order chi connectivity index (χ1) is 14.7. The van der Waals surface area contributed by atoms with Crippen LogP contribution in [0.4, 0.5) is 0 Å². The fourth-order valence-electron chi connectivity index (χ4n) is 4.89. The summed E-state index contributed by atoms with van der Waals surface area (Å²) in [5.74, 6) is -0.732. The maximum atomic E-state index is 9.57. The summed E-state index contributed by atoms with van der Waals surface area (Å²) in [4.78, 5) is 0. The van der Waals surface area contributed by atoms with Gasteiger partial charge in [0, 0.05) is 0 Å². The molecule has 0 radical (unpaired) electrons. The van der Waals surface area contributed by atoms with Gasteiger partial charge in [-0.05, 0) is 29.3 Å². The summed E-state index contributed by atoms with van der Waals surface area (Å²) in [7, 11) is -2.69. The third-order valence-corrected chi connectivity index (χ3v) is 11.2. The molecular formula is C24H33NO5Si. The predicted molar refractivity (Wildman–Crippen MR) is 121 cm³/mol. The molecule has 2 aliphatic rings. The predicted octanol–water partition coefficient (Wildman–Crippen LogP) is 2.79. The third kappa shape index (κ3) is 4.12. The summed E-state index contributed by atoms with van der Waals surface area (Å²) in [6.45, 7) is 10.8. The number of nitrogens with one attached hydrogen (secondary N) is 1. The molecule has 2 heterocycles. The first-order valence-electron chi connectivity index (χ1n) is 10.8. The number of fused-ring (bicyclic) bond motifs is 1. The zero-order chi connectivity index (χ0) is 22.3. The van der Waals surface area contributed by atoms with Crippen molar-refractivity contribution < 1.29 is 23.8 Å². The van der Waals surface area contributed by atoms with E-state index in [4.69, 9.17) is 18.6 Å². The lowest BCUT2D eigenvalue weighted by atomic mass is 10.1. The van der Waals surface area contributed by atoms with Gasteiger partial charge in [0.25, 0.3) is 8.32 Å². The first-order valence-corrected chi connectivity index (χ1v) is 12.7. The molecule has 2 aromatic carbocycles. The average molecular weight is 444 g/mol. The van der Waals surface area contributed by atoms with E-state index in [1.165, 1.54) is 10.4 Å². The Bertz CT molecular complexity index is 831. The number of hydrogen-bond donors (Lipinski definition) is 2. The van der Waals surface area contributed by atoms with Crippen molar-refractivity contribution in [1.82, 2.24) is 5.48 Å². The van der Waals surface area contributed by atoms with E-state index in [2.05, 4.69) is 74.8 Å². The van der Waals surface area contributed by atoms with E-state index in [1.807, 2.05) is 26.0 Å². The molecule has 0 aromatic heterocycles. The highest BCUT2D eigenvalue weighted by molar-refractivity contribution is 6.99. The van der Waals surface area contributed by atoms with E-state index in [1.54, 1.807) is 0 Å². The Kier molecular flexibility index (Phi) is 6.13. The summed E-state index contributed by atoms with van der Waals surface area (Å²) in [6.07, 6.45) is -1.73. The Hall–Kier alpha value is -1.58. The zero-order valence-electron chi connectivity index (χ0n) is 18.9. The summed E-state index contributed by atoms with van der Waals surface area (Å²) in [5.41, 5.74) is 2.22. The van der Waals surface area contributed by atoms with Crippen LogP contribution in [0, 0.1) is 0 Å². The van der Waals surface area contributed by atoms with Crippen LogP contribution in [0.1, 0.15) is 34.6 Å². The normalized spacial score (nSPS) is 27.9. The number of hydroxylamine groups is 1. The second-order valence-electron chi connectivity index (χ2n) is 9.76. The molecule has 0 amide bonds. The van der Waals surface area contributed by atoms with Gasteiger partial charge in [0.1, 0.15) is 18.3 Å². The molecule has 0 spiro atoms. The molecule has 0 bridgehead atoms. The second kappa shape index (κ2) is 8.40. The van der Waals surface area contributed by atoms with E-state index in [0.717, 1.165) is 0 Å². The topological polar surface area (TPSA) is 69.2 Å². The van der Waals surface area contributed by atoms with Gasteiger partial charge in [-0.3, -0.25) is 0 Å². The third-order valence-electron chi connectivity index (χ3n) is 6.16. The van der Waals surface area contributed by atoms with Crippen LogP contribution in [-0.4, -0.2) is 50.5 Å². The molecule has 168 valence electrons. The molecule has 4 rings (SSSR count). The van der Waals surface area contributed by atoms with E-state index < -0.39 is 26.4 Å². The molecule has 0 aliphatic carbocycles. The van der Waals surface area contributed by atoms with Crippen LogP contribution in [0.25, 0.3) is 0 Å². The van der Waals surface area contributed by atoms with Crippen LogP contribution >= 0.6 is 0 Å². The highest BCUT2D eigenvalue weighted by atomic mass is 28.4. The highest BCUT2D eigenvalue weighted by Crippen LogP contribution is 2.40. The van der Waals surface area contributed by atoms with Gasteiger partial charge in [0.15, 0.2) is 12.0 Å². The minimum Gasteiger partial charge on any atom is -0.405 e. The number of rotatable bonds is 6. The maximum Gasteiger partial charge on any atom is 0.261 e. The molecule has 0 unspecified atom stereocenters. The molecule has 2 fully saturated rings. The Labute approximate surface area is 185 Å². The van der Waals surface area contributed by atoms with Gasteiger partial charge in [-0.2, -0.15) is 5.48 Å². The Morgan fingerprint density at radius 1 is 0.935 bits per heavy atom. The second-order valence-corrected chi connectivity index (χ2v) is 14.1. The van der Waals surface area contributed by atoms with Crippen molar-refractivity contribution in [3.8, 4) is 0 Å². The minimum atomic E-state index is -2.69. The quantitative estimate of drug-likeness (QED) is 0.529. The fourth-order valence-corrected chi connectivity index (χ4v) is 9.46. The maximum absolute atomic E-state index is 9.57. The molecule has 2 saturated heterocycles. The van der Waals surface area contributed by atoms with Crippen molar-refractivity contribution >= 4 is 18.7 Å². The van der Waals surface area contributed by atoms with Crippen LogP contribution in [0.15, 0.2) is 60.7 Å². The van der Waals surface area contributed by atoms with E-state index in [-0.39, 0.29) is 17.2 Å². The van der Waals surface area contributed by atoms with E-state index >= 15 is 0 Å². The van der Waals surface area contributed by atoms with Gasteiger partial charge in [-0.25, -0.2) is 0 Å². The molecule has 2 N–H and O–H groups in total. The van der Waals surface area contributed by atoms with Crippen molar-refractivity contribution in [3.05, 3.63) is 60.7 Å². The summed E-state index contributed by atoms with van der Waals surface area (Å²) < 4.78 is 25.1. The number of hydrogen-bond acceptors (Lipinski definition) is 6. The van der Waals surface area contributed by atoms with Crippen molar-refractivity contribution in [3.63, 3.8) is 0 Å². The molecule has 2 aliphatic heterocycles. The molecule has 7 heteroatoms. The molecule has 0 saturated carbocycles. The standard InChI is InChI=1S/C24H33NO5Si/c1-23(2,3)31(17-12-8-6-9-13-17,18-14-10-7-11-15-18)27-16-19-20-21(22(25-26)28-19)30-24(4,5)29-20/h6-15,19-22,25-26H,16H2,1-5H3/t19-,20-,21-,22-/m1/s1. The molecular weight excluding hydrogens is 410 g/mol. The van der Waals surface area contributed by atoms with E-state index in [9.17, 15) is 5.21 Å². The minimum absolute atomic E-state index is 0.130. The Balaban J connectivity index is 1.69. The molecule has 6 nitrogen and oxygen atoms in total. The van der Waals surface area contributed by atoms with Crippen molar-refractivity contribution in [2.24, 2.45) is 0 Å². The average Bonchev–Trinajstić information content (AvgIpc) is 3.22. The van der Waals surface area contributed by atoms with Gasteiger partial charge in [-0.15, -0.1) is 0 Å². The molecule has 31 heavy (non-hydrogen) atoms. The van der Waals surface area contributed by atoms with Crippen molar-refractivity contribution in [1.29, 1.82) is 0 Å². The number of benzene rings is 2. The van der Waals surface area contributed by atoms with Crippen LogP contribution in [-0.2, 0) is 18.6 Å². The lowest BCUT2D eigenvalue weighted by Gasteiger charge is -2.43. The van der Waals surface area contributed by atoms with Gasteiger partial charge < -0.3 is 23.8 Å². The van der Waals surface area contributed by atoms with E-state index in [0.29, 0.717) is 6.61 Å². The molecule has 4 atom stereocenters. The van der Waals surface area contributed by atoms with Gasteiger partial charge >= 0.3 is 0 Å². The van der Waals surface area contributed by atoms with Crippen LogP contribution in [0.3, 0.4) is 0 Å². The largest absolute Gasteiger partial charge is 0.405 e. The smallest absolute Gasteiger partial charge is 0.261 e. The molecule has 2 aromatic rings. The van der Waals surface area contributed by atoms with Gasteiger partial charge in [-0.1, -0.05) is 81.4 Å². The summed E-state index contributed by atoms with van der Waals surface area (Å²) >= 11 is 0. The van der Waals surface area contributed by atoms with Crippen LogP contribution in [0.2, 0.25) is 5.04 Å². The SMILES string of the molecule is CC1(C)O[C@@H]2[C@H](O1)[C@@H](CO[Si](c1ccccc1)(c1ccccc1)C(C)(C)C)O[C@H]2NO. The van der Waals surface area contributed by atoms with Crippen LogP contribution in [0.5, 0.6) is 0 Å². The van der Waals surface area contributed by atoms with Crippen LogP contribution < -0.4 is 15.9 Å².